The van der Waals surface area contributed by atoms with E-state index < -0.39 is 0 Å². The Balaban J connectivity index is 1.65. The molecule has 6 heteroatoms. The molecular formula is C16H21N3O2S. The largest absolute Gasteiger partial charge is 0.453 e. The van der Waals surface area contributed by atoms with Gasteiger partial charge >= 0.3 is 6.09 Å². The number of nitrogens with zero attached hydrogens (tertiary/aromatic N) is 2. The fourth-order valence-corrected chi connectivity index (χ4v) is 3.75. The van der Waals surface area contributed by atoms with Crippen LogP contribution in [-0.2, 0) is 4.74 Å². The summed E-state index contributed by atoms with van der Waals surface area (Å²) in [7, 11) is 1.43. The number of fused-ring (bicyclic) bond motifs is 1. The molecule has 1 N–H and O–H groups in total. The summed E-state index contributed by atoms with van der Waals surface area (Å²) in [6, 6.07) is 4.74. The molecule has 2 atom stereocenters. The summed E-state index contributed by atoms with van der Waals surface area (Å²) in [6.45, 7) is 3.63. The molecule has 3 rings (SSSR count). The number of ether oxygens (including phenoxy) is 1. The Morgan fingerprint density at radius 1 is 1.59 bits per heavy atom. The summed E-state index contributed by atoms with van der Waals surface area (Å²) in [5, 5.41) is 5.68. The number of rotatable bonds is 3. The highest BCUT2D eigenvalue weighted by molar-refractivity contribution is 7.17. The zero-order chi connectivity index (χ0) is 15.5. The molecule has 1 fully saturated rings. The van der Waals surface area contributed by atoms with Gasteiger partial charge in [-0.1, -0.05) is 0 Å². The second kappa shape index (κ2) is 6.62. The Bertz CT molecular complexity index is 658. The number of nitrogens with one attached hydrogen (secondary N) is 1. The van der Waals surface area contributed by atoms with Gasteiger partial charge in [-0.3, -0.25) is 4.98 Å². The Hall–Kier alpha value is -1.66. The lowest BCUT2D eigenvalue weighted by Crippen LogP contribution is -2.48. The quantitative estimate of drug-likeness (QED) is 0.944. The van der Waals surface area contributed by atoms with Gasteiger partial charge in [0.05, 0.1) is 17.3 Å². The Morgan fingerprint density at radius 2 is 2.45 bits per heavy atom. The summed E-state index contributed by atoms with van der Waals surface area (Å²) in [5.41, 5.74) is 2.24. The molecule has 2 aromatic heterocycles. The Morgan fingerprint density at radius 3 is 3.27 bits per heavy atom. The van der Waals surface area contributed by atoms with Crippen molar-refractivity contribution in [2.24, 2.45) is 0 Å². The van der Waals surface area contributed by atoms with Crippen LogP contribution >= 0.6 is 11.3 Å². The van der Waals surface area contributed by atoms with Crippen molar-refractivity contribution in [1.29, 1.82) is 0 Å². The van der Waals surface area contributed by atoms with E-state index in [0.29, 0.717) is 12.6 Å². The first-order valence-corrected chi connectivity index (χ1v) is 8.47. The molecule has 0 unspecified atom stereocenters. The van der Waals surface area contributed by atoms with Crippen molar-refractivity contribution < 1.29 is 9.53 Å². The molecule has 1 amide bonds. The fourth-order valence-electron chi connectivity index (χ4n) is 2.96. The molecule has 0 aromatic carbocycles. The van der Waals surface area contributed by atoms with Crippen LogP contribution in [0.2, 0.25) is 0 Å². The van der Waals surface area contributed by atoms with Crippen LogP contribution in [-0.4, -0.2) is 42.2 Å². The minimum Gasteiger partial charge on any atom is -0.453 e. The van der Waals surface area contributed by atoms with E-state index >= 15 is 0 Å². The topological polar surface area (TPSA) is 54.5 Å². The standard InChI is InChI=1S/C16H21N3O2S/c1-11(12-8-15-14(17-9-12)5-7-22-15)18-13-4-3-6-19(10-13)16(20)21-2/h5,7-9,11,13,18H,3-4,6,10H2,1-2H3/t11-,13-/m1/s1. The van der Waals surface area contributed by atoms with Gasteiger partial charge in [0.15, 0.2) is 0 Å². The summed E-state index contributed by atoms with van der Waals surface area (Å²) < 4.78 is 6.03. The van der Waals surface area contributed by atoms with E-state index in [9.17, 15) is 4.79 Å². The maximum atomic E-state index is 11.7. The zero-order valence-electron chi connectivity index (χ0n) is 12.9. The van der Waals surface area contributed by atoms with E-state index in [2.05, 4.69) is 28.7 Å². The van der Waals surface area contributed by atoms with E-state index in [1.165, 1.54) is 17.4 Å². The first-order valence-electron chi connectivity index (χ1n) is 7.59. The van der Waals surface area contributed by atoms with Gasteiger partial charge in [-0.05, 0) is 42.8 Å². The summed E-state index contributed by atoms with van der Waals surface area (Å²) in [5.74, 6) is 0. The number of likely N-dealkylation sites (tertiary alicyclic amines) is 1. The second-order valence-corrected chi connectivity index (χ2v) is 6.66. The molecule has 0 saturated carbocycles. The number of thiophene rings is 1. The highest BCUT2D eigenvalue weighted by Crippen LogP contribution is 2.23. The SMILES string of the molecule is COC(=O)N1CCC[C@@H](N[C@H](C)c2cnc3ccsc3c2)C1. The zero-order valence-corrected chi connectivity index (χ0v) is 13.7. The number of carbonyl (C=O) groups is 1. The number of carbonyl (C=O) groups excluding carboxylic acids is 1. The minimum absolute atomic E-state index is 0.210. The normalized spacial score (nSPS) is 20.1. The first kappa shape index (κ1) is 15.2. The molecule has 118 valence electrons. The molecule has 1 saturated heterocycles. The third-order valence-electron chi connectivity index (χ3n) is 4.16. The lowest BCUT2D eigenvalue weighted by Gasteiger charge is -2.33. The highest BCUT2D eigenvalue weighted by Gasteiger charge is 2.25. The molecule has 1 aliphatic heterocycles. The van der Waals surface area contributed by atoms with Crippen molar-refractivity contribution in [3.05, 3.63) is 29.3 Å². The van der Waals surface area contributed by atoms with Gasteiger partial charge in [0.1, 0.15) is 0 Å². The van der Waals surface area contributed by atoms with Gasteiger partial charge in [-0.15, -0.1) is 11.3 Å². The van der Waals surface area contributed by atoms with Crippen molar-refractivity contribution in [2.75, 3.05) is 20.2 Å². The van der Waals surface area contributed by atoms with Gasteiger partial charge in [0.2, 0.25) is 0 Å². The van der Waals surface area contributed by atoms with E-state index in [1.54, 1.807) is 16.2 Å². The number of amides is 1. The molecule has 1 aliphatic rings. The number of methoxy groups -OCH3 is 1. The molecular weight excluding hydrogens is 298 g/mol. The summed E-state index contributed by atoms with van der Waals surface area (Å²) >= 11 is 1.71. The van der Waals surface area contributed by atoms with Gasteiger partial charge in [0, 0.05) is 31.4 Å². The van der Waals surface area contributed by atoms with Crippen LogP contribution in [0.5, 0.6) is 0 Å². The van der Waals surface area contributed by atoms with Crippen molar-refractivity contribution in [1.82, 2.24) is 15.2 Å². The van der Waals surface area contributed by atoms with Crippen molar-refractivity contribution in [3.63, 3.8) is 0 Å². The first-order chi connectivity index (χ1) is 10.7. The summed E-state index contributed by atoms with van der Waals surface area (Å²) in [4.78, 5) is 17.9. The molecule has 3 heterocycles. The van der Waals surface area contributed by atoms with Gasteiger partial charge < -0.3 is 15.0 Å². The van der Waals surface area contributed by atoms with E-state index in [-0.39, 0.29) is 12.1 Å². The average molecular weight is 319 g/mol. The second-order valence-electron chi connectivity index (χ2n) is 5.72. The number of hydrogen-bond donors (Lipinski definition) is 1. The van der Waals surface area contributed by atoms with Crippen LogP contribution < -0.4 is 5.32 Å². The molecule has 0 bridgehead atoms. The van der Waals surface area contributed by atoms with Crippen LogP contribution in [0.1, 0.15) is 31.4 Å². The van der Waals surface area contributed by atoms with Crippen LogP contribution in [0.25, 0.3) is 10.2 Å². The maximum Gasteiger partial charge on any atom is 0.409 e. The van der Waals surface area contributed by atoms with Gasteiger partial charge in [0.25, 0.3) is 0 Å². The Kier molecular flexibility index (Phi) is 4.59. The highest BCUT2D eigenvalue weighted by atomic mass is 32.1. The number of hydrogen-bond acceptors (Lipinski definition) is 5. The number of piperidine rings is 1. The summed E-state index contributed by atoms with van der Waals surface area (Å²) in [6.07, 6.45) is 3.78. The molecule has 22 heavy (non-hydrogen) atoms. The molecule has 0 spiro atoms. The van der Waals surface area contributed by atoms with Gasteiger partial charge in [-0.25, -0.2) is 4.79 Å². The predicted molar refractivity (Wildman–Crippen MR) is 88.2 cm³/mol. The molecule has 0 aliphatic carbocycles. The average Bonchev–Trinajstić information content (AvgIpc) is 3.01. The van der Waals surface area contributed by atoms with Crippen LogP contribution in [0.15, 0.2) is 23.7 Å². The monoisotopic (exact) mass is 319 g/mol. The van der Waals surface area contributed by atoms with Gasteiger partial charge in [-0.2, -0.15) is 0 Å². The Labute approximate surface area is 134 Å². The lowest BCUT2D eigenvalue weighted by atomic mass is 10.0. The smallest absolute Gasteiger partial charge is 0.409 e. The number of pyridine rings is 1. The van der Waals surface area contributed by atoms with E-state index in [4.69, 9.17) is 4.74 Å². The van der Waals surface area contributed by atoms with E-state index in [1.807, 2.05) is 12.3 Å². The molecule has 0 radical (unpaired) electrons. The van der Waals surface area contributed by atoms with E-state index in [0.717, 1.165) is 24.9 Å². The third kappa shape index (κ3) is 3.23. The maximum absolute atomic E-state index is 11.7. The third-order valence-corrected chi connectivity index (χ3v) is 5.02. The molecule has 2 aromatic rings. The van der Waals surface area contributed by atoms with Crippen molar-refractivity contribution in [3.8, 4) is 0 Å². The number of aromatic nitrogens is 1. The van der Waals surface area contributed by atoms with Crippen LogP contribution in [0.3, 0.4) is 0 Å². The van der Waals surface area contributed by atoms with Crippen LogP contribution in [0, 0.1) is 0 Å². The molecule has 5 nitrogen and oxygen atoms in total. The fraction of sp³-hybridized carbons (Fsp3) is 0.500. The lowest BCUT2D eigenvalue weighted by molar-refractivity contribution is 0.106. The van der Waals surface area contributed by atoms with Crippen molar-refractivity contribution >= 4 is 27.6 Å². The van der Waals surface area contributed by atoms with Crippen LogP contribution in [0.4, 0.5) is 4.79 Å². The predicted octanol–water partition coefficient (Wildman–Crippen LogP) is 3.18. The minimum atomic E-state index is -0.235. The van der Waals surface area contributed by atoms with Crippen molar-refractivity contribution in [2.45, 2.75) is 31.8 Å².